The monoisotopic (exact) mass is 340 g/mol. The van der Waals surface area contributed by atoms with Crippen molar-refractivity contribution in [1.82, 2.24) is 9.47 Å². The molecule has 1 aliphatic carbocycles. The van der Waals surface area contributed by atoms with E-state index in [1.807, 2.05) is 40.7 Å². The van der Waals surface area contributed by atoms with Crippen molar-refractivity contribution in [3.63, 3.8) is 0 Å². The summed E-state index contributed by atoms with van der Waals surface area (Å²) in [6.45, 7) is 3.45. The van der Waals surface area contributed by atoms with Gasteiger partial charge in [0.1, 0.15) is 6.54 Å². The number of amides is 1. The highest BCUT2D eigenvalue weighted by Crippen LogP contribution is 2.28. The van der Waals surface area contributed by atoms with Gasteiger partial charge in [0, 0.05) is 23.7 Å². The van der Waals surface area contributed by atoms with Crippen LogP contribution in [0.2, 0.25) is 0 Å². The molecule has 0 radical (unpaired) electrons. The molecule has 2 aromatic rings. The zero-order valence-electron chi connectivity index (χ0n) is 14.6. The number of para-hydroxylation sites is 1. The van der Waals surface area contributed by atoms with E-state index in [0.717, 1.165) is 30.5 Å². The van der Waals surface area contributed by atoms with Crippen molar-refractivity contribution in [3.8, 4) is 0 Å². The van der Waals surface area contributed by atoms with E-state index < -0.39 is 0 Å². The third-order valence-electron chi connectivity index (χ3n) is 5.57. The van der Waals surface area contributed by atoms with Gasteiger partial charge in [-0.05, 0) is 31.9 Å². The Morgan fingerprint density at radius 1 is 1.24 bits per heavy atom. The van der Waals surface area contributed by atoms with Crippen LogP contribution < -0.4 is 5.43 Å². The largest absolute Gasteiger partial charge is 0.374 e. The molecule has 2 atom stereocenters. The Hall–Kier alpha value is -2.14. The summed E-state index contributed by atoms with van der Waals surface area (Å²) >= 11 is 0. The molecule has 0 N–H and O–H groups in total. The minimum atomic E-state index is 0.00974. The van der Waals surface area contributed by atoms with Gasteiger partial charge in [0.25, 0.3) is 0 Å². The number of ether oxygens (including phenoxy) is 1. The third-order valence-corrected chi connectivity index (χ3v) is 5.57. The second-order valence-electron chi connectivity index (χ2n) is 7.10. The quantitative estimate of drug-likeness (QED) is 0.844. The maximum absolute atomic E-state index is 13.1. The summed E-state index contributed by atoms with van der Waals surface area (Å²) in [6.07, 6.45) is 4.62. The van der Waals surface area contributed by atoms with Crippen molar-refractivity contribution in [2.75, 3.05) is 13.2 Å². The zero-order valence-corrected chi connectivity index (χ0v) is 14.6. The fraction of sp³-hybridized carbons (Fsp3) is 0.500. The Balaban J connectivity index is 1.65. The number of fused-ring (bicyclic) bond motifs is 2. The topological polar surface area (TPSA) is 51.5 Å². The third kappa shape index (κ3) is 2.97. The highest BCUT2D eigenvalue weighted by atomic mass is 16.5. The Kier molecular flexibility index (Phi) is 4.34. The molecule has 2 fully saturated rings. The summed E-state index contributed by atoms with van der Waals surface area (Å²) in [5.74, 6) is 0.122. The zero-order chi connectivity index (χ0) is 17.4. The second-order valence-corrected chi connectivity index (χ2v) is 7.10. The van der Waals surface area contributed by atoms with Crippen molar-refractivity contribution < 1.29 is 9.53 Å². The standard InChI is InChI=1S/C20H24N2O3/c1-14-12-18(23)15-6-2-3-7-16(15)22(14)13-20(24)21-10-11-25-19-9-5-4-8-17(19)21/h2-3,6-7,12,17,19H,4-5,8-11,13H2,1H3. The van der Waals surface area contributed by atoms with E-state index in [1.54, 1.807) is 6.07 Å². The van der Waals surface area contributed by atoms with Gasteiger partial charge in [-0.2, -0.15) is 0 Å². The molecule has 0 spiro atoms. The molecule has 2 aliphatic rings. The first-order valence-corrected chi connectivity index (χ1v) is 9.15. The Labute approximate surface area is 147 Å². The minimum absolute atomic E-state index is 0.00974. The number of aromatic nitrogens is 1. The van der Waals surface area contributed by atoms with Crippen LogP contribution in [0.5, 0.6) is 0 Å². The molecule has 5 nitrogen and oxygen atoms in total. The molecule has 1 saturated heterocycles. The van der Waals surface area contributed by atoms with Crippen molar-refractivity contribution in [2.24, 2.45) is 0 Å². The lowest BCUT2D eigenvalue weighted by atomic mass is 9.90. The molecule has 25 heavy (non-hydrogen) atoms. The van der Waals surface area contributed by atoms with E-state index in [1.165, 1.54) is 6.42 Å². The first-order chi connectivity index (χ1) is 12.1. The summed E-state index contributed by atoms with van der Waals surface area (Å²) in [5, 5.41) is 0.665. The van der Waals surface area contributed by atoms with Crippen molar-refractivity contribution in [1.29, 1.82) is 0 Å². The van der Waals surface area contributed by atoms with Crippen LogP contribution in [0, 0.1) is 6.92 Å². The van der Waals surface area contributed by atoms with Gasteiger partial charge in [-0.3, -0.25) is 9.59 Å². The molecule has 2 heterocycles. The lowest BCUT2D eigenvalue weighted by Crippen LogP contribution is -2.55. The summed E-state index contributed by atoms with van der Waals surface area (Å²) in [6, 6.07) is 9.34. The van der Waals surface area contributed by atoms with Crippen LogP contribution in [0.4, 0.5) is 0 Å². The van der Waals surface area contributed by atoms with Gasteiger partial charge in [0.2, 0.25) is 5.91 Å². The predicted octanol–water partition coefficient (Wildman–Crippen LogP) is 2.48. The molecule has 5 heteroatoms. The van der Waals surface area contributed by atoms with Gasteiger partial charge in [0.05, 0.1) is 24.3 Å². The predicted molar refractivity (Wildman–Crippen MR) is 96.7 cm³/mol. The normalized spacial score (nSPS) is 23.5. The van der Waals surface area contributed by atoms with Gasteiger partial charge in [-0.1, -0.05) is 25.0 Å². The summed E-state index contributed by atoms with van der Waals surface area (Å²) in [4.78, 5) is 27.3. The van der Waals surface area contributed by atoms with Crippen LogP contribution in [0.15, 0.2) is 35.1 Å². The van der Waals surface area contributed by atoms with Crippen LogP contribution in [0.1, 0.15) is 31.4 Å². The maximum atomic E-state index is 13.1. The highest BCUT2D eigenvalue weighted by molar-refractivity contribution is 5.83. The summed E-state index contributed by atoms with van der Waals surface area (Å²) < 4.78 is 7.84. The number of carbonyl (C=O) groups excluding carboxylic acids is 1. The number of benzene rings is 1. The lowest BCUT2D eigenvalue weighted by molar-refractivity contribution is -0.150. The number of pyridine rings is 1. The van der Waals surface area contributed by atoms with Gasteiger partial charge in [0.15, 0.2) is 5.43 Å². The molecular weight excluding hydrogens is 316 g/mol. The Morgan fingerprint density at radius 3 is 2.92 bits per heavy atom. The molecule has 1 saturated carbocycles. The lowest BCUT2D eigenvalue weighted by Gasteiger charge is -2.44. The van der Waals surface area contributed by atoms with Crippen LogP contribution in [0.25, 0.3) is 10.9 Å². The van der Waals surface area contributed by atoms with E-state index in [4.69, 9.17) is 4.74 Å². The van der Waals surface area contributed by atoms with Gasteiger partial charge < -0.3 is 14.2 Å². The Morgan fingerprint density at radius 2 is 2.04 bits per heavy atom. The van der Waals surface area contributed by atoms with Crippen molar-refractivity contribution >= 4 is 16.8 Å². The van der Waals surface area contributed by atoms with Crippen LogP contribution in [-0.4, -0.2) is 40.7 Å². The minimum Gasteiger partial charge on any atom is -0.374 e. The summed E-state index contributed by atoms with van der Waals surface area (Å²) in [7, 11) is 0. The molecule has 1 aromatic carbocycles. The molecule has 1 aliphatic heterocycles. The van der Waals surface area contributed by atoms with Crippen LogP contribution in [-0.2, 0) is 16.1 Å². The smallest absolute Gasteiger partial charge is 0.242 e. The van der Waals surface area contributed by atoms with E-state index in [9.17, 15) is 9.59 Å². The van der Waals surface area contributed by atoms with E-state index >= 15 is 0 Å². The SMILES string of the molecule is Cc1cc(=O)c2ccccc2n1CC(=O)N1CCOC2CCCCC21. The van der Waals surface area contributed by atoms with Gasteiger partial charge in [-0.25, -0.2) is 0 Å². The number of hydrogen-bond donors (Lipinski definition) is 0. The van der Waals surface area contributed by atoms with Gasteiger partial charge in [-0.15, -0.1) is 0 Å². The average molecular weight is 340 g/mol. The number of rotatable bonds is 2. The van der Waals surface area contributed by atoms with E-state index in [-0.39, 0.29) is 30.0 Å². The summed E-state index contributed by atoms with van der Waals surface area (Å²) in [5.41, 5.74) is 1.66. The van der Waals surface area contributed by atoms with E-state index in [2.05, 4.69) is 0 Å². The second kappa shape index (κ2) is 6.64. The van der Waals surface area contributed by atoms with Crippen LogP contribution in [0.3, 0.4) is 0 Å². The van der Waals surface area contributed by atoms with Gasteiger partial charge >= 0.3 is 0 Å². The average Bonchev–Trinajstić information content (AvgIpc) is 2.64. The molecule has 1 amide bonds. The van der Waals surface area contributed by atoms with Crippen molar-refractivity contribution in [2.45, 2.75) is 51.3 Å². The first kappa shape index (κ1) is 16.3. The molecule has 4 rings (SSSR count). The fourth-order valence-corrected chi connectivity index (χ4v) is 4.29. The molecule has 0 bridgehead atoms. The van der Waals surface area contributed by atoms with Crippen molar-refractivity contribution in [3.05, 3.63) is 46.2 Å². The maximum Gasteiger partial charge on any atom is 0.242 e. The number of hydrogen-bond acceptors (Lipinski definition) is 3. The Bertz CT molecular complexity index is 856. The van der Waals surface area contributed by atoms with Crippen LogP contribution >= 0.6 is 0 Å². The molecule has 2 unspecified atom stereocenters. The number of carbonyl (C=O) groups is 1. The number of nitrogens with zero attached hydrogens (tertiary/aromatic N) is 2. The number of morpholine rings is 1. The number of aryl methyl sites for hydroxylation is 1. The first-order valence-electron chi connectivity index (χ1n) is 9.15. The molecule has 1 aromatic heterocycles. The molecule has 132 valence electrons. The highest BCUT2D eigenvalue weighted by Gasteiger charge is 2.36. The molecular formula is C20H24N2O3. The van der Waals surface area contributed by atoms with E-state index in [0.29, 0.717) is 18.5 Å². The fourth-order valence-electron chi connectivity index (χ4n) is 4.29.